The van der Waals surface area contributed by atoms with Crippen molar-refractivity contribution in [1.82, 2.24) is 0 Å². The summed E-state index contributed by atoms with van der Waals surface area (Å²) in [4.78, 5) is 0. The molecule has 0 saturated carbocycles. The molecule has 0 fully saturated rings. The molecule has 0 radical (unpaired) electrons. The van der Waals surface area contributed by atoms with E-state index in [4.69, 9.17) is 20.5 Å². The first-order valence-corrected chi connectivity index (χ1v) is 5.16. The molecular weight excluding hydrogens is 240 g/mol. The van der Waals surface area contributed by atoms with E-state index in [1.807, 2.05) is 31.2 Å². The van der Waals surface area contributed by atoms with E-state index in [1.165, 1.54) is 0 Å². The van der Waals surface area contributed by atoms with Crippen molar-refractivity contribution in [2.24, 2.45) is 5.73 Å². The van der Waals surface area contributed by atoms with Crippen LogP contribution >= 0.6 is 12.4 Å². The number of nitriles is 1. The summed E-state index contributed by atoms with van der Waals surface area (Å²) >= 11 is 0. The van der Waals surface area contributed by atoms with Gasteiger partial charge in [0.05, 0.1) is 26.2 Å². The summed E-state index contributed by atoms with van der Waals surface area (Å²) in [5, 5.41) is 8.58. The third-order valence-corrected chi connectivity index (χ3v) is 2.23. The van der Waals surface area contributed by atoms with Crippen molar-refractivity contribution in [3.8, 4) is 17.6 Å². The average molecular weight is 257 g/mol. The Morgan fingerprint density at radius 2 is 2.12 bits per heavy atom. The Labute approximate surface area is 108 Å². The van der Waals surface area contributed by atoms with E-state index in [1.54, 1.807) is 7.11 Å². The molecule has 2 N–H and O–H groups in total. The highest BCUT2D eigenvalue weighted by Crippen LogP contribution is 2.30. The number of benzene rings is 1. The van der Waals surface area contributed by atoms with Crippen molar-refractivity contribution in [2.45, 2.75) is 19.4 Å². The van der Waals surface area contributed by atoms with Crippen molar-refractivity contribution in [3.63, 3.8) is 0 Å². The van der Waals surface area contributed by atoms with Gasteiger partial charge in [-0.25, -0.2) is 0 Å². The molecule has 0 bridgehead atoms. The molecule has 0 spiro atoms. The molecule has 0 unspecified atom stereocenters. The standard InChI is InChI=1S/C12H16N2O2.ClH/c1-3-16-11-5-4-9(8-12(11)15-2)10(14)6-7-13;/h4-5,8,10H,3,6,14H2,1-2H3;1H/t10-;/m1./s1. The molecule has 1 aromatic rings. The predicted molar refractivity (Wildman–Crippen MR) is 68.6 cm³/mol. The van der Waals surface area contributed by atoms with E-state index in [0.29, 0.717) is 18.1 Å². The lowest BCUT2D eigenvalue weighted by Crippen LogP contribution is -2.09. The highest BCUT2D eigenvalue weighted by molar-refractivity contribution is 5.85. The van der Waals surface area contributed by atoms with Crippen LogP contribution in [0.25, 0.3) is 0 Å². The van der Waals surface area contributed by atoms with Crippen molar-refractivity contribution in [2.75, 3.05) is 13.7 Å². The molecular formula is C12H17ClN2O2. The Hall–Kier alpha value is -1.44. The van der Waals surface area contributed by atoms with Crippen LogP contribution in [0.4, 0.5) is 0 Å². The van der Waals surface area contributed by atoms with Crippen molar-refractivity contribution >= 4 is 12.4 Å². The Bertz CT molecular complexity index is 391. The molecule has 0 amide bonds. The summed E-state index contributed by atoms with van der Waals surface area (Å²) in [6.45, 7) is 2.49. The maximum atomic E-state index is 8.58. The van der Waals surface area contributed by atoms with E-state index in [0.717, 1.165) is 5.56 Å². The van der Waals surface area contributed by atoms with Gasteiger partial charge in [-0.15, -0.1) is 12.4 Å². The summed E-state index contributed by atoms with van der Waals surface area (Å²) in [5.41, 5.74) is 6.71. The van der Waals surface area contributed by atoms with Gasteiger partial charge in [0.2, 0.25) is 0 Å². The smallest absolute Gasteiger partial charge is 0.161 e. The monoisotopic (exact) mass is 256 g/mol. The molecule has 0 heterocycles. The number of hydrogen-bond acceptors (Lipinski definition) is 4. The summed E-state index contributed by atoms with van der Waals surface area (Å²) < 4.78 is 10.6. The first-order valence-electron chi connectivity index (χ1n) is 5.16. The van der Waals surface area contributed by atoms with Gasteiger partial charge in [-0.3, -0.25) is 0 Å². The highest BCUT2D eigenvalue weighted by atomic mass is 35.5. The van der Waals surface area contributed by atoms with Gasteiger partial charge in [0.1, 0.15) is 0 Å². The molecule has 0 aliphatic heterocycles. The average Bonchev–Trinajstić information content (AvgIpc) is 2.30. The van der Waals surface area contributed by atoms with Gasteiger partial charge in [-0.1, -0.05) is 6.07 Å². The molecule has 17 heavy (non-hydrogen) atoms. The Balaban J connectivity index is 0.00000256. The molecule has 1 aromatic carbocycles. The van der Waals surface area contributed by atoms with Crippen molar-refractivity contribution < 1.29 is 9.47 Å². The van der Waals surface area contributed by atoms with Gasteiger partial charge in [0.25, 0.3) is 0 Å². The number of methoxy groups -OCH3 is 1. The largest absolute Gasteiger partial charge is 0.493 e. The van der Waals surface area contributed by atoms with Crippen LogP contribution in [0.5, 0.6) is 11.5 Å². The molecule has 0 saturated heterocycles. The van der Waals surface area contributed by atoms with E-state index < -0.39 is 0 Å². The molecule has 4 nitrogen and oxygen atoms in total. The lowest BCUT2D eigenvalue weighted by Gasteiger charge is -2.13. The topological polar surface area (TPSA) is 68.3 Å². The van der Waals surface area contributed by atoms with Gasteiger partial charge >= 0.3 is 0 Å². The molecule has 1 rings (SSSR count). The number of rotatable bonds is 5. The Kier molecular flexibility index (Phi) is 7.11. The fourth-order valence-corrected chi connectivity index (χ4v) is 1.41. The first kappa shape index (κ1) is 15.6. The second-order valence-corrected chi connectivity index (χ2v) is 3.31. The van der Waals surface area contributed by atoms with Crippen LogP contribution in [0.3, 0.4) is 0 Å². The number of hydrogen-bond donors (Lipinski definition) is 1. The number of nitrogens with zero attached hydrogens (tertiary/aromatic N) is 1. The SMILES string of the molecule is CCOc1ccc([C@H](N)CC#N)cc1OC.Cl. The van der Waals surface area contributed by atoms with E-state index in [9.17, 15) is 0 Å². The number of ether oxygens (including phenoxy) is 2. The predicted octanol–water partition coefficient (Wildman–Crippen LogP) is 2.43. The van der Waals surface area contributed by atoms with Crippen LogP contribution in [0, 0.1) is 11.3 Å². The van der Waals surface area contributed by atoms with E-state index >= 15 is 0 Å². The fraction of sp³-hybridized carbons (Fsp3) is 0.417. The Morgan fingerprint density at radius 3 is 2.65 bits per heavy atom. The second kappa shape index (κ2) is 7.77. The number of halogens is 1. The van der Waals surface area contributed by atoms with Gasteiger partial charge in [0.15, 0.2) is 11.5 Å². The highest BCUT2D eigenvalue weighted by Gasteiger charge is 2.10. The molecule has 0 aliphatic rings. The zero-order valence-electron chi connectivity index (χ0n) is 9.97. The molecule has 1 atom stereocenters. The summed E-state index contributed by atoms with van der Waals surface area (Å²) in [5.74, 6) is 1.34. The maximum absolute atomic E-state index is 8.58. The zero-order chi connectivity index (χ0) is 12.0. The molecule has 0 aliphatic carbocycles. The van der Waals surface area contributed by atoms with Gasteiger partial charge in [-0.2, -0.15) is 5.26 Å². The minimum atomic E-state index is -0.283. The summed E-state index contributed by atoms with van der Waals surface area (Å²) in [6, 6.07) is 7.25. The van der Waals surface area contributed by atoms with Crippen LogP contribution in [-0.4, -0.2) is 13.7 Å². The second-order valence-electron chi connectivity index (χ2n) is 3.31. The molecule has 5 heteroatoms. The lowest BCUT2D eigenvalue weighted by atomic mass is 10.0. The number of nitrogens with two attached hydrogens (primary N) is 1. The van der Waals surface area contributed by atoms with Crippen LogP contribution in [0.2, 0.25) is 0 Å². The van der Waals surface area contributed by atoms with E-state index in [2.05, 4.69) is 0 Å². The summed E-state index contributed by atoms with van der Waals surface area (Å²) in [6.07, 6.45) is 0.289. The molecule has 94 valence electrons. The third-order valence-electron chi connectivity index (χ3n) is 2.23. The van der Waals surface area contributed by atoms with Crippen molar-refractivity contribution in [1.29, 1.82) is 5.26 Å². The van der Waals surface area contributed by atoms with Crippen LogP contribution < -0.4 is 15.2 Å². The zero-order valence-corrected chi connectivity index (χ0v) is 10.8. The Morgan fingerprint density at radius 1 is 1.41 bits per heavy atom. The minimum Gasteiger partial charge on any atom is -0.493 e. The van der Waals surface area contributed by atoms with Crippen LogP contribution in [0.1, 0.15) is 24.9 Å². The normalized spacial score (nSPS) is 10.9. The van der Waals surface area contributed by atoms with Gasteiger partial charge in [0, 0.05) is 6.04 Å². The summed E-state index contributed by atoms with van der Waals surface area (Å²) in [7, 11) is 1.58. The lowest BCUT2D eigenvalue weighted by molar-refractivity contribution is 0.310. The third kappa shape index (κ3) is 4.14. The quantitative estimate of drug-likeness (QED) is 0.879. The van der Waals surface area contributed by atoms with Crippen LogP contribution in [0.15, 0.2) is 18.2 Å². The van der Waals surface area contributed by atoms with Crippen LogP contribution in [-0.2, 0) is 0 Å². The van der Waals surface area contributed by atoms with Crippen molar-refractivity contribution in [3.05, 3.63) is 23.8 Å². The van der Waals surface area contributed by atoms with Gasteiger partial charge in [-0.05, 0) is 24.6 Å². The van der Waals surface area contributed by atoms with Gasteiger partial charge < -0.3 is 15.2 Å². The molecule has 0 aromatic heterocycles. The first-order chi connectivity index (χ1) is 7.72. The fourth-order valence-electron chi connectivity index (χ4n) is 1.41. The maximum Gasteiger partial charge on any atom is 0.161 e. The minimum absolute atomic E-state index is 0. The van der Waals surface area contributed by atoms with E-state index in [-0.39, 0.29) is 24.9 Å².